The molecule has 1 amide bonds. The van der Waals surface area contributed by atoms with Crippen molar-refractivity contribution in [2.45, 2.75) is 32.7 Å². The number of anilines is 1. The van der Waals surface area contributed by atoms with Crippen LogP contribution in [0.1, 0.15) is 31.9 Å². The molecule has 3 N–H and O–H groups in total. The highest BCUT2D eigenvalue weighted by molar-refractivity contribution is 5.89. The van der Waals surface area contributed by atoms with E-state index < -0.39 is 0 Å². The first-order chi connectivity index (χ1) is 7.26. The van der Waals surface area contributed by atoms with Crippen LogP contribution >= 0.6 is 0 Å². The van der Waals surface area contributed by atoms with E-state index in [2.05, 4.69) is 17.2 Å². The monoisotopic (exact) mass is 207 g/mol. The van der Waals surface area contributed by atoms with E-state index in [0.717, 1.165) is 18.5 Å². The summed E-state index contributed by atoms with van der Waals surface area (Å²) in [5, 5.41) is 2.75. The first-order valence-corrected chi connectivity index (χ1v) is 5.22. The van der Waals surface area contributed by atoms with Gasteiger partial charge in [0.05, 0.1) is 5.69 Å². The van der Waals surface area contributed by atoms with Crippen molar-refractivity contribution in [3.05, 3.63) is 23.9 Å². The molecule has 0 bridgehead atoms. The van der Waals surface area contributed by atoms with Gasteiger partial charge in [-0.15, -0.1) is 0 Å². The molecule has 0 spiro atoms. The molecule has 0 aliphatic heterocycles. The fourth-order valence-electron chi connectivity index (χ4n) is 1.21. The molecule has 0 saturated heterocycles. The topological polar surface area (TPSA) is 68.0 Å². The van der Waals surface area contributed by atoms with Crippen LogP contribution in [0, 0.1) is 0 Å². The fraction of sp³-hybridized carbons (Fsp3) is 0.455. The molecule has 0 saturated carbocycles. The van der Waals surface area contributed by atoms with Gasteiger partial charge in [0.2, 0.25) is 5.91 Å². The Kier molecular flexibility index (Phi) is 4.77. The summed E-state index contributed by atoms with van der Waals surface area (Å²) in [6.07, 6.45) is 2.47. The molecule has 1 heterocycles. The lowest BCUT2D eigenvalue weighted by Crippen LogP contribution is -2.13. The molecule has 0 aliphatic carbocycles. The summed E-state index contributed by atoms with van der Waals surface area (Å²) in [5.41, 5.74) is 6.24. The highest BCUT2D eigenvalue weighted by Gasteiger charge is 2.02. The lowest BCUT2D eigenvalue weighted by molar-refractivity contribution is -0.116. The van der Waals surface area contributed by atoms with E-state index >= 15 is 0 Å². The number of nitrogens with two attached hydrogens (primary N) is 1. The predicted octanol–water partition coefficient (Wildman–Crippen LogP) is 1.67. The Morgan fingerprint density at radius 1 is 1.53 bits per heavy atom. The van der Waals surface area contributed by atoms with Crippen LogP contribution in [-0.4, -0.2) is 10.9 Å². The summed E-state index contributed by atoms with van der Waals surface area (Å²) >= 11 is 0. The largest absolute Gasteiger partial charge is 0.325 e. The minimum Gasteiger partial charge on any atom is -0.325 e. The Balaban J connectivity index is 2.52. The van der Waals surface area contributed by atoms with Gasteiger partial charge in [-0.05, 0) is 18.6 Å². The van der Waals surface area contributed by atoms with Crippen molar-refractivity contribution in [3.63, 3.8) is 0 Å². The van der Waals surface area contributed by atoms with Crippen molar-refractivity contribution >= 4 is 11.7 Å². The molecule has 0 unspecified atom stereocenters. The summed E-state index contributed by atoms with van der Waals surface area (Å²) in [5.74, 6) is 0.595. The quantitative estimate of drug-likeness (QED) is 0.771. The fourth-order valence-corrected chi connectivity index (χ4v) is 1.21. The Bertz CT molecular complexity index is 325. The van der Waals surface area contributed by atoms with Crippen LogP contribution in [0.3, 0.4) is 0 Å². The second-order valence-corrected chi connectivity index (χ2v) is 3.37. The van der Waals surface area contributed by atoms with E-state index in [1.165, 1.54) is 0 Å². The first kappa shape index (κ1) is 11.7. The third kappa shape index (κ3) is 4.08. The summed E-state index contributed by atoms with van der Waals surface area (Å²) in [6.45, 7) is 2.44. The molecule has 4 nitrogen and oxygen atoms in total. The maximum atomic E-state index is 11.4. The molecule has 15 heavy (non-hydrogen) atoms. The standard InChI is InChI=1S/C11H17N3O/c1-2-3-7-11(15)14-10-6-4-5-9(8-12)13-10/h4-6H,2-3,7-8,12H2,1H3,(H,13,14,15). The average molecular weight is 207 g/mol. The Morgan fingerprint density at radius 2 is 2.33 bits per heavy atom. The number of hydrogen-bond acceptors (Lipinski definition) is 3. The van der Waals surface area contributed by atoms with E-state index in [1.807, 2.05) is 12.1 Å². The van der Waals surface area contributed by atoms with Crippen LogP contribution in [0.2, 0.25) is 0 Å². The molecular weight excluding hydrogens is 190 g/mol. The van der Waals surface area contributed by atoms with Crippen molar-refractivity contribution < 1.29 is 4.79 Å². The van der Waals surface area contributed by atoms with Crippen LogP contribution in [0.15, 0.2) is 18.2 Å². The third-order valence-corrected chi connectivity index (χ3v) is 2.04. The summed E-state index contributed by atoms with van der Waals surface area (Å²) in [6, 6.07) is 5.44. The summed E-state index contributed by atoms with van der Waals surface area (Å²) in [4.78, 5) is 15.6. The molecule has 1 rings (SSSR count). The van der Waals surface area contributed by atoms with Crippen LogP contribution in [0.4, 0.5) is 5.82 Å². The third-order valence-electron chi connectivity index (χ3n) is 2.04. The Hall–Kier alpha value is -1.42. The van der Waals surface area contributed by atoms with Gasteiger partial charge in [0.25, 0.3) is 0 Å². The van der Waals surface area contributed by atoms with Gasteiger partial charge < -0.3 is 11.1 Å². The number of hydrogen-bond donors (Lipinski definition) is 2. The first-order valence-electron chi connectivity index (χ1n) is 5.22. The van der Waals surface area contributed by atoms with Crippen molar-refractivity contribution in [3.8, 4) is 0 Å². The molecule has 4 heteroatoms. The normalized spacial score (nSPS) is 10.0. The number of carbonyl (C=O) groups is 1. The number of pyridine rings is 1. The second-order valence-electron chi connectivity index (χ2n) is 3.37. The van der Waals surface area contributed by atoms with E-state index in [9.17, 15) is 4.79 Å². The summed E-state index contributed by atoms with van der Waals surface area (Å²) in [7, 11) is 0. The zero-order chi connectivity index (χ0) is 11.1. The molecule has 0 radical (unpaired) electrons. The highest BCUT2D eigenvalue weighted by atomic mass is 16.1. The van der Waals surface area contributed by atoms with Crippen LogP contribution in [0.5, 0.6) is 0 Å². The number of carbonyl (C=O) groups excluding carboxylic acids is 1. The van der Waals surface area contributed by atoms with Crippen molar-refractivity contribution in [2.75, 3.05) is 5.32 Å². The number of rotatable bonds is 5. The molecule has 0 atom stereocenters. The number of nitrogens with zero attached hydrogens (tertiary/aromatic N) is 1. The summed E-state index contributed by atoms with van der Waals surface area (Å²) < 4.78 is 0. The van der Waals surface area contributed by atoms with Gasteiger partial charge in [0.15, 0.2) is 0 Å². The lowest BCUT2D eigenvalue weighted by atomic mass is 10.2. The molecule has 0 aromatic carbocycles. The van der Waals surface area contributed by atoms with Gasteiger partial charge >= 0.3 is 0 Å². The molecule has 82 valence electrons. The minimum atomic E-state index is 0.0125. The zero-order valence-electron chi connectivity index (χ0n) is 8.99. The van der Waals surface area contributed by atoms with Crippen molar-refractivity contribution in [1.29, 1.82) is 0 Å². The van der Waals surface area contributed by atoms with Gasteiger partial charge in [0, 0.05) is 13.0 Å². The predicted molar refractivity (Wildman–Crippen MR) is 60.3 cm³/mol. The molecular formula is C11H17N3O. The number of nitrogens with one attached hydrogen (secondary N) is 1. The van der Waals surface area contributed by atoms with Crippen molar-refractivity contribution in [1.82, 2.24) is 4.98 Å². The molecule has 0 aliphatic rings. The SMILES string of the molecule is CCCCC(=O)Nc1cccc(CN)n1. The highest BCUT2D eigenvalue weighted by Crippen LogP contribution is 2.05. The second kappa shape index (κ2) is 6.14. The molecule has 1 aromatic rings. The number of unbranched alkanes of at least 4 members (excludes halogenated alkanes) is 1. The lowest BCUT2D eigenvalue weighted by Gasteiger charge is -2.04. The van der Waals surface area contributed by atoms with E-state index in [4.69, 9.17) is 5.73 Å². The van der Waals surface area contributed by atoms with Gasteiger partial charge in [-0.2, -0.15) is 0 Å². The number of amides is 1. The van der Waals surface area contributed by atoms with Crippen LogP contribution < -0.4 is 11.1 Å². The zero-order valence-corrected chi connectivity index (χ0v) is 8.99. The van der Waals surface area contributed by atoms with Crippen molar-refractivity contribution in [2.24, 2.45) is 5.73 Å². The van der Waals surface area contributed by atoms with Gasteiger partial charge in [-0.25, -0.2) is 4.98 Å². The maximum Gasteiger partial charge on any atom is 0.225 e. The Labute approximate surface area is 89.9 Å². The maximum absolute atomic E-state index is 11.4. The number of aromatic nitrogens is 1. The van der Waals surface area contributed by atoms with Gasteiger partial charge in [-0.1, -0.05) is 19.4 Å². The smallest absolute Gasteiger partial charge is 0.225 e. The Morgan fingerprint density at radius 3 is 3.00 bits per heavy atom. The van der Waals surface area contributed by atoms with Gasteiger partial charge in [-0.3, -0.25) is 4.79 Å². The molecule has 1 aromatic heterocycles. The van der Waals surface area contributed by atoms with E-state index in [-0.39, 0.29) is 5.91 Å². The van der Waals surface area contributed by atoms with E-state index in [0.29, 0.717) is 18.8 Å². The van der Waals surface area contributed by atoms with Crippen LogP contribution in [-0.2, 0) is 11.3 Å². The van der Waals surface area contributed by atoms with E-state index in [1.54, 1.807) is 6.07 Å². The van der Waals surface area contributed by atoms with Gasteiger partial charge in [0.1, 0.15) is 5.82 Å². The average Bonchev–Trinajstić information content (AvgIpc) is 2.26. The molecule has 0 fully saturated rings. The minimum absolute atomic E-state index is 0.0125. The van der Waals surface area contributed by atoms with Crippen LogP contribution in [0.25, 0.3) is 0 Å².